The van der Waals surface area contributed by atoms with Crippen molar-refractivity contribution in [1.82, 2.24) is 5.32 Å². The smallest absolute Gasteiger partial charge is 0.0911 e. The highest BCUT2D eigenvalue weighted by atomic mass is 15.3. The summed E-state index contributed by atoms with van der Waals surface area (Å²) in [5.41, 5.74) is 13.9. The Balaban J connectivity index is 1.59. The van der Waals surface area contributed by atoms with E-state index in [2.05, 4.69) is 17.7 Å². The molecule has 0 unspecified atom stereocenters. The molecule has 0 aliphatic carbocycles. The Kier molecular flexibility index (Phi) is 5.09. The zero-order valence-electron chi connectivity index (χ0n) is 12.5. The summed E-state index contributed by atoms with van der Waals surface area (Å²) in [7, 11) is 2.36. The average Bonchev–Trinajstić information content (AvgIpc) is 2.83. The summed E-state index contributed by atoms with van der Waals surface area (Å²) in [5.74, 6) is 0. The summed E-state index contributed by atoms with van der Waals surface area (Å²) in [6.45, 7) is 6.80. The predicted molar refractivity (Wildman–Crippen MR) is 86.6 cm³/mol. The van der Waals surface area contributed by atoms with Gasteiger partial charge in [-0.15, -0.1) is 0 Å². The Bertz CT molecular complexity index is 426. The standard InChI is InChI=1S/C15H28N5/c1-20(9-2-3-10-20)11-8-18-6-7-19-15-5-4-13(16)12-14(15)17/h4-5,12,18-19H,2-3,6-11,16-17H2,1H3/q+1. The fraction of sp³-hybridized carbons (Fsp3) is 0.600. The number of rotatable bonds is 7. The Morgan fingerprint density at radius 1 is 1.10 bits per heavy atom. The highest BCUT2D eigenvalue weighted by molar-refractivity contribution is 5.70. The van der Waals surface area contributed by atoms with Crippen molar-refractivity contribution >= 4 is 17.1 Å². The third-order valence-corrected chi connectivity index (χ3v) is 4.17. The largest absolute Gasteiger partial charge is 0.399 e. The summed E-state index contributed by atoms with van der Waals surface area (Å²) in [6.07, 6.45) is 2.77. The minimum atomic E-state index is 0.703. The maximum absolute atomic E-state index is 5.90. The third-order valence-electron chi connectivity index (χ3n) is 4.17. The lowest BCUT2D eigenvalue weighted by atomic mass is 10.2. The molecule has 5 heteroatoms. The van der Waals surface area contributed by atoms with Gasteiger partial charge in [-0.1, -0.05) is 0 Å². The minimum Gasteiger partial charge on any atom is -0.399 e. The van der Waals surface area contributed by atoms with Gasteiger partial charge in [0.25, 0.3) is 0 Å². The lowest BCUT2D eigenvalue weighted by Crippen LogP contribution is -2.45. The lowest BCUT2D eigenvalue weighted by molar-refractivity contribution is -0.896. The summed E-state index contributed by atoms with van der Waals surface area (Å²) < 4.78 is 1.23. The van der Waals surface area contributed by atoms with Crippen LogP contribution in [-0.2, 0) is 0 Å². The molecule has 1 aliphatic heterocycles. The van der Waals surface area contributed by atoms with Gasteiger partial charge in [0.05, 0.1) is 38.1 Å². The molecule has 1 aromatic rings. The monoisotopic (exact) mass is 278 g/mol. The zero-order chi connectivity index (χ0) is 14.4. The Hall–Kier alpha value is -1.46. The quantitative estimate of drug-likeness (QED) is 0.342. The molecule has 0 saturated carbocycles. The van der Waals surface area contributed by atoms with Crippen LogP contribution >= 0.6 is 0 Å². The summed E-state index contributed by atoms with van der Waals surface area (Å²) >= 11 is 0. The first-order valence-electron chi connectivity index (χ1n) is 7.52. The van der Waals surface area contributed by atoms with Crippen molar-refractivity contribution in [3.8, 4) is 0 Å². The van der Waals surface area contributed by atoms with Crippen molar-refractivity contribution < 1.29 is 4.48 Å². The molecule has 6 N–H and O–H groups in total. The van der Waals surface area contributed by atoms with Gasteiger partial charge in [-0.05, 0) is 18.2 Å². The van der Waals surface area contributed by atoms with Crippen molar-refractivity contribution in [2.45, 2.75) is 12.8 Å². The molecule has 20 heavy (non-hydrogen) atoms. The van der Waals surface area contributed by atoms with Gasteiger partial charge in [0.2, 0.25) is 0 Å². The fourth-order valence-electron chi connectivity index (χ4n) is 2.82. The zero-order valence-corrected chi connectivity index (χ0v) is 12.5. The van der Waals surface area contributed by atoms with E-state index in [0.29, 0.717) is 11.4 Å². The summed E-state index contributed by atoms with van der Waals surface area (Å²) in [5, 5.41) is 6.82. The second-order valence-corrected chi connectivity index (χ2v) is 6.02. The fourth-order valence-corrected chi connectivity index (χ4v) is 2.82. The van der Waals surface area contributed by atoms with Crippen molar-refractivity contribution in [1.29, 1.82) is 0 Å². The van der Waals surface area contributed by atoms with Gasteiger partial charge in [0, 0.05) is 38.2 Å². The SMILES string of the molecule is C[N+]1(CCNCCNc2ccc(N)cc2N)CCCC1. The molecule has 1 aromatic carbocycles. The molecule has 0 bridgehead atoms. The normalized spacial score (nSPS) is 17.2. The summed E-state index contributed by atoms with van der Waals surface area (Å²) in [4.78, 5) is 0. The van der Waals surface area contributed by atoms with E-state index < -0.39 is 0 Å². The van der Waals surface area contributed by atoms with E-state index in [-0.39, 0.29) is 0 Å². The minimum absolute atomic E-state index is 0.703. The van der Waals surface area contributed by atoms with Gasteiger partial charge in [-0.25, -0.2) is 0 Å². The molecule has 112 valence electrons. The Morgan fingerprint density at radius 3 is 2.55 bits per heavy atom. The molecule has 1 heterocycles. The predicted octanol–water partition coefficient (Wildman–Crippen LogP) is 1.09. The number of likely N-dealkylation sites (tertiary alicyclic amines) is 1. The molecule has 0 aromatic heterocycles. The van der Waals surface area contributed by atoms with Crippen molar-refractivity contribution in [2.75, 3.05) is 63.1 Å². The molecule has 0 radical (unpaired) electrons. The number of anilines is 3. The molecule has 1 fully saturated rings. The number of likely N-dealkylation sites (N-methyl/N-ethyl adjacent to an activating group) is 1. The molecule has 1 aliphatic rings. The van der Waals surface area contributed by atoms with Gasteiger partial charge < -0.3 is 26.6 Å². The maximum Gasteiger partial charge on any atom is 0.0911 e. The van der Waals surface area contributed by atoms with Gasteiger partial charge >= 0.3 is 0 Å². The number of benzene rings is 1. The van der Waals surface area contributed by atoms with Crippen LogP contribution in [0.15, 0.2) is 18.2 Å². The van der Waals surface area contributed by atoms with E-state index in [0.717, 1.165) is 25.3 Å². The van der Waals surface area contributed by atoms with Crippen LogP contribution in [0.5, 0.6) is 0 Å². The molecule has 0 spiro atoms. The van der Waals surface area contributed by atoms with E-state index in [4.69, 9.17) is 11.5 Å². The van der Waals surface area contributed by atoms with Crippen LogP contribution in [0.25, 0.3) is 0 Å². The first kappa shape index (κ1) is 14.9. The topological polar surface area (TPSA) is 76.1 Å². The third kappa shape index (κ3) is 4.28. The maximum atomic E-state index is 5.90. The van der Waals surface area contributed by atoms with Crippen molar-refractivity contribution in [3.63, 3.8) is 0 Å². The molecular formula is C15H28N5+. The lowest BCUT2D eigenvalue weighted by Gasteiger charge is -2.29. The van der Waals surface area contributed by atoms with Crippen LogP contribution in [0.3, 0.4) is 0 Å². The molecule has 0 atom stereocenters. The van der Waals surface area contributed by atoms with Gasteiger partial charge in [-0.2, -0.15) is 0 Å². The van der Waals surface area contributed by atoms with Gasteiger partial charge in [-0.3, -0.25) is 0 Å². The molecule has 0 amide bonds. The molecular weight excluding hydrogens is 250 g/mol. The number of hydrogen-bond acceptors (Lipinski definition) is 4. The van der Waals surface area contributed by atoms with Crippen LogP contribution in [-0.4, -0.2) is 50.8 Å². The van der Waals surface area contributed by atoms with Crippen molar-refractivity contribution in [2.24, 2.45) is 0 Å². The van der Waals surface area contributed by atoms with E-state index in [1.807, 2.05) is 12.1 Å². The Labute approximate surface area is 121 Å². The molecule has 5 nitrogen and oxygen atoms in total. The first-order chi connectivity index (χ1) is 9.59. The molecule has 2 rings (SSSR count). The van der Waals surface area contributed by atoms with E-state index in [9.17, 15) is 0 Å². The number of nitrogen functional groups attached to an aromatic ring is 2. The van der Waals surface area contributed by atoms with Crippen LogP contribution in [0.4, 0.5) is 17.1 Å². The Morgan fingerprint density at radius 2 is 1.85 bits per heavy atom. The highest BCUT2D eigenvalue weighted by Gasteiger charge is 2.25. The first-order valence-corrected chi connectivity index (χ1v) is 7.52. The van der Waals surface area contributed by atoms with E-state index in [1.165, 1.54) is 37.0 Å². The number of quaternary nitrogens is 1. The highest BCUT2D eigenvalue weighted by Crippen LogP contribution is 2.20. The number of nitrogens with two attached hydrogens (primary N) is 2. The number of nitrogens with zero attached hydrogens (tertiary/aromatic N) is 1. The average molecular weight is 278 g/mol. The van der Waals surface area contributed by atoms with Crippen LogP contribution in [0, 0.1) is 0 Å². The number of nitrogens with one attached hydrogen (secondary N) is 2. The second-order valence-electron chi connectivity index (χ2n) is 6.02. The second kappa shape index (κ2) is 6.81. The summed E-state index contributed by atoms with van der Waals surface area (Å²) in [6, 6.07) is 5.58. The van der Waals surface area contributed by atoms with Crippen LogP contribution < -0.4 is 22.1 Å². The number of hydrogen-bond donors (Lipinski definition) is 4. The van der Waals surface area contributed by atoms with Crippen LogP contribution in [0.1, 0.15) is 12.8 Å². The van der Waals surface area contributed by atoms with Gasteiger partial charge in [0.1, 0.15) is 0 Å². The van der Waals surface area contributed by atoms with Crippen LogP contribution in [0.2, 0.25) is 0 Å². The van der Waals surface area contributed by atoms with Gasteiger partial charge in [0.15, 0.2) is 0 Å². The van der Waals surface area contributed by atoms with Crippen molar-refractivity contribution in [3.05, 3.63) is 18.2 Å². The van der Waals surface area contributed by atoms with E-state index >= 15 is 0 Å². The van der Waals surface area contributed by atoms with E-state index in [1.54, 1.807) is 6.07 Å². The molecule has 1 saturated heterocycles.